The number of methoxy groups -OCH3 is 3. The summed E-state index contributed by atoms with van der Waals surface area (Å²) in [6.45, 7) is 1.89. The first kappa shape index (κ1) is 22.0. The van der Waals surface area contributed by atoms with Gasteiger partial charge in [-0.3, -0.25) is 9.59 Å². The highest BCUT2D eigenvalue weighted by molar-refractivity contribution is 6.46. The molecule has 0 bridgehead atoms. The van der Waals surface area contributed by atoms with Crippen molar-refractivity contribution in [3.63, 3.8) is 0 Å². The number of nitrogens with one attached hydrogen (secondary N) is 1. The van der Waals surface area contributed by atoms with E-state index in [2.05, 4.69) is 5.32 Å². The van der Waals surface area contributed by atoms with Crippen molar-refractivity contribution < 1.29 is 23.8 Å². The first-order chi connectivity index (χ1) is 16.0. The Morgan fingerprint density at radius 2 is 1.52 bits per heavy atom. The fourth-order valence-electron chi connectivity index (χ4n) is 3.79. The van der Waals surface area contributed by atoms with E-state index in [-0.39, 0.29) is 11.3 Å². The molecule has 168 valence electrons. The van der Waals surface area contributed by atoms with Gasteiger partial charge < -0.3 is 19.5 Å². The van der Waals surface area contributed by atoms with Crippen LogP contribution in [0.15, 0.2) is 72.4 Å². The summed E-state index contributed by atoms with van der Waals surface area (Å²) in [5, 5.41) is 3.14. The molecule has 1 aliphatic heterocycles. The maximum absolute atomic E-state index is 13.8. The van der Waals surface area contributed by atoms with E-state index in [1.54, 1.807) is 67.8 Å². The number of imide groups is 1. The van der Waals surface area contributed by atoms with Gasteiger partial charge >= 0.3 is 0 Å². The van der Waals surface area contributed by atoms with Gasteiger partial charge in [-0.25, -0.2) is 4.90 Å². The summed E-state index contributed by atoms with van der Waals surface area (Å²) >= 11 is 0. The third-order valence-corrected chi connectivity index (χ3v) is 5.37. The van der Waals surface area contributed by atoms with Crippen LogP contribution < -0.4 is 24.4 Å². The van der Waals surface area contributed by atoms with Crippen LogP contribution in [0.25, 0.3) is 5.57 Å². The molecule has 0 atom stereocenters. The zero-order valence-corrected chi connectivity index (χ0v) is 18.8. The van der Waals surface area contributed by atoms with Crippen molar-refractivity contribution in [2.45, 2.75) is 6.92 Å². The number of hydrogen-bond donors (Lipinski definition) is 1. The summed E-state index contributed by atoms with van der Waals surface area (Å²) in [6.07, 6.45) is 0. The molecule has 0 saturated heterocycles. The largest absolute Gasteiger partial charge is 0.497 e. The smallest absolute Gasteiger partial charge is 0.282 e. The Morgan fingerprint density at radius 1 is 0.758 bits per heavy atom. The quantitative estimate of drug-likeness (QED) is 0.544. The molecular formula is C26H24N2O5. The Bertz CT molecular complexity index is 1270. The Kier molecular flexibility index (Phi) is 6.04. The predicted octanol–water partition coefficient (Wildman–Crippen LogP) is 4.42. The minimum absolute atomic E-state index is 0.140. The van der Waals surface area contributed by atoms with E-state index >= 15 is 0 Å². The number of nitrogens with zero attached hydrogens (tertiary/aromatic N) is 1. The number of rotatable bonds is 7. The average molecular weight is 444 g/mol. The normalized spacial score (nSPS) is 13.4. The van der Waals surface area contributed by atoms with Crippen molar-refractivity contribution in [2.75, 3.05) is 31.5 Å². The lowest BCUT2D eigenvalue weighted by atomic mass is 10.0. The third-order valence-electron chi connectivity index (χ3n) is 5.37. The van der Waals surface area contributed by atoms with Gasteiger partial charge in [-0.2, -0.15) is 0 Å². The number of ether oxygens (including phenoxy) is 3. The number of anilines is 2. The third kappa shape index (κ3) is 4.01. The molecule has 1 heterocycles. The van der Waals surface area contributed by atoms with Crippen molar-refractivity contribution in [1.29, 1.82) is 0 Å². The van der Waals surface area contributed by atoms with E-state index in [9.17, 15) is 9.59 Å². The molecule has 0 unspecified atom stereocenters. The predicted molar refractivity (Wildman–Crippen MR) is 127 cm³/mol. The molecule has 3 aromatic carbocycles. The van der Waals surface area contributed by atoms with Gasteiger partial charge in [0, 0.05) is 17.3 Å². The first-order valence-corrected chi connectivity index (χ1v) is 10.3. The summed E-state index contributed by atoms with van der Waals surface area (Å²) in [5.41, 5.74) is 2.74. The van der Waals surface area contributed by atoms with Crippen LogP contribution in [0.5, 0.6) is 17.2 Å². The molecule has 33 heavy (non-hydrogen) atoms. The standard InChI is InChI=1S/C26H24N2O5/c1-16-12-13-22(33-4)20(14-16)28-25(29)23(19-10-5-6-11-21(19)32-3)24(26(28)30)27-17-8-7-9-18(15-17)31-2/h5-15,27H,1-4H3. The van der Waals surface area contributed by atoms with Crippen molar-refractivity contribution in [3.8, 4) is 17.2 Å². The SMILES string of the molecule is COc1cccc(NC2=C(c3ccccc3OC)C(=O)N(c3cc(C)ccc3OC)C2=O)c1. The second kappa shape index (κ2) is 9.08. The number of benzene rings is 3. The number of carbonyl (C=O) groups excluding carboxylic acids is 2. The second-order valence-corrected chi connectivity index (χ2v) is 7.43. The maximum atomic E-state index is 13.8. The monoisotopic (exact) mass is 444 g/mol. The van der Waals surface area contributed by atoms with Crippen LogP contribution in [0.1, 0.15) is 11.1 Å². The van der Waals surface area contributed by atoms with Crippen LogP contribution in [-0.2, 0) is 9.59 Å². The van der Waals surface area contributed by atoms with Crippen LogP contribution in [0, 0.1) is 6.92 Å². The van der Waals surface area contributed by atoms with Crippen LogP contribution in [0.2, 0.25) is 0 Å². The fraction of sp³-hybridized carbons (Fsp3) is 0.154. The number of aryl methyl sites for hydroxylation is 1. The van der Waals surface area contributed by atoms with E-state index in [4.69, 9.17) is 14.2 Å². The topological polar surface area (TPSA) is 77.1 Å². The fourth-order valence-corrected chi connectivity index (χ4v) is 3.79. The lowest BCUT2D eigenvalue weighted by Crippen LogP contribution is -2.32. The Hall–Kier alpha value is -4.26. The Morgan fingerprint density at radius 3 is 2.24 bits per heavy atom. The molecule has 0 aliphatic carbocycles. The molecular weight excluding hydrogens is 420 g/mol. The van der Waals surface area contributed by atoms with Crippen molar-refractivity contribution in [3.05, 3.63) is 83.6 Å². The second-order valence-electron chi connectivity index (χ2n) is 7.43. The first-order valence-electron chi connectivity index (χ1n) is 10.3. The van der Waals surface area contributed by atoms with Crippen molar-refractivity contribution >= 4 is 28.8 Å². The number of amides is 2. The molecule has 7 heteroatoms. The lowest BCUT2D eigenvalue weighted by molar-refractivity contribution is -0.120. The van der Waals surface area contributed by atoms with Crippen LogP contribution >= 0.6 is 0 Å². The molecule has 0 saturated carbocycles. The molecule has 0 radical (unpaired) electrons. The Balaban J connectivity index is 1.89. The molecule has 1 N–H and O–H groups in total. The summed E-state index contributed by atoms with van der Waals surface area (Å²) in [7, 11) is 4.59. The van der Waals surface area contributed by atoms with Gasteiger partial charge in [-0.1, -0.05) is 30.3 Å². The van der Waals surface area contributed by atoms with Crippen molar-refractivity contribution in [1.82, 2.24) is 0 Å². The molecule has 3 aromatic rings. The molecule has 4 rings (SSSR count). The van der Waals surface area contributed by atoms with E-state index in [0.717, 1.165) is 10.5 Å². The molecule has 0 fully saturated rings. The minimum atomic E-state index is -0.493. The minimum Gasteiger partial charge on any atom is -0.497 e. The van der Waals surface area contributed by atoms with Gasteiger partial charge in [-0.15, -0.1) is 0 Å². The molecule has 7 nitrogen and oxygen atoms in total. The highest BCUT2D eigenvalue weighted by Crippen LogP contribution is 2.40. The molecule has 0 spiro atoms. The zero-order valence-electron chi connectivity index (χ0n) is 18.8. The summed E-state index contributed by atoms with van der Waals surface area (Å²) in [4.78, 5) is 28.6. The highest BCUT2D eigenvalue weighted by Gasteiger charge is 2.42. The van der Waals surface area contributed by atoms with Gasteiger partial charge in [-0.05, 0) is 42.8 Å². The lowest BCUT2D eigenvalue weighted by Gasteiger charge is -2.19. The van der Waals surface area contributed by atoms with Gasteiger partial charge in [0.15, 0.2) is 0 Å². The van der Waals surface area contributed by atoms with E-state index < -0.39 is 11.8 Å². The van der Waals surface area contributed by atoms with Gasteiger partial charge in [0.2, 0.25) is 0 Å². The van der Waals surface area contributed by atoms with E-state index in [0.29, 0.717) is 34.2 Å². The van der Waals surface area contributed by atoms with E-state index in [1.807, 2.05) is 13.0 Å². The summed E-state index contributed by atoms with van der Waals surface area (Å²) in [6, 6.07) is 19.6. The van der Waals surface area contributed by atoms with E-state index in [1.165, 1.54) is 14.2 Å². The number of para-hydroxylation sites is 1. The van der Waals surface area contributed by atoms with Gasteiger partial charge in [0.1, 0.15) is 22.9 Å². The number of hydrogen-bond acceptors (Lipinski definition) is 6. The average Bonchev–Trinajstić information content (AvgIpc) is 3.07. The molecule has 0 aromatic heterocycles. The summed E-state index contributed by atoms with van der Waals surface area (Å²) in [5.74, 6) is 0.556. The zero-order chi connectivity index (χ0) is 23.5. The Labute approximate surface area is 192 Å². The van der Waals surface area contributed by atoms with Crippen LogP contribution in [-0.4, -0.2) is 33.1 Å². The number of carbonyl (C=O) groups is 2. The maximum Gasteiger partial charge on any atom is 0.282 e. The van der Waals surface area contributed by atoms with Crippen molar-refractivity contribution in [2.24, 2.45) is 0 Å². The summed E-state index contributed by atoms with van der Waals surface area (Å²) < 4.78 is 16.2. The van der Waals surface area contributed by atoms with Crippen LogP contribution in [0.3, 0.4) is 0 Å². The van der Waals surface area contributed by atoms with Crippen LogP contribution in [0.4, 0.5) is 11.4 Å². The van der Waals surface area contributed by atoms with Gasteiger partial charge in [0.05, 0.1) is 32.6 Å². The molecule has 1 aliphatic rings. The highest BCUT2D eigenvalue weighted by atomic mass is 16.5. The molecule has 2 amide bonds. The van der Waals surface area contributed by atoms with Gasteiger partial charge in [0.25, 0.3) is 11.8 Å².